The number of carbonyl (C=O) groups excluding carboxylic acids is 2. The summed E-state index contributed by atoms with van der Waals surface area (Å²) in [4.78, 5) is 23.4. The first-order valence-electron chi connectivity index (χ1n) is 9.61. The van der Waals surface area contributed by atoms with Crippen molar-refractivity contribution in [1.29, 1.82) is 0 Å². The third kappa shape index (κ3) is 5.68. The summed E-state index contributed by atoms with van der Waals surface area (Å²) in [6.07, 6.45) is 2.53. The molecule has 0 N–H and O–H groups in total. The van der Waals surface area contributed by atoms with Crippen LogP contribution < -0.4 is 4.74 Å². The largest absolute Gasteiger partial charge is 0.490 e. The van der Waals surface area contributed by atoms with E-state index in [1.165, 1.54) is 6.08 Å². The molecule has 0 radical (unpaired) electrons. The Balaban J connectivity index is 1.41. The molecule has 7 heteroatoms. The van der Waals surface area contributed by atoms with Crippen LogP contribution in [0.1, 0.15) is 19.4 Å². The molecule has 2 heterocycles. The quantitative estimate of drug-likeness (QED) is 0.376. The van der Waals surface area contributed by atoms with Crippen LogP contribution in [-0.2, 0) is 28.5 Å². The van der Waals surface area contributed by atoms with Crippen LogP contribution in [0.25, 0.3) is 6.08 Å². The van der Waals surface area contributed by atoms with Crippen molar-refractivity contribution in [2.75, 3.05) is 26.4 Å². The van der Waals surface area contributed by atoms with Crippen molar-refractivity contribution < 1.29 is 33.3 Å². The molecule has 3 rings (SSSR count). The summed E-state index contributed by atoms with van der Waals surface area (Å²) in [5.41, 5.74) is 1.18. The fourth-order valence-electron chi connectivity index (χ4n) is 3.20. The molecule has 4 atom stereocenters. The fraction of sp³-hybridized carbons (Fsp3) is 0.455. The average Bonchev–Trinajstić information content (AvgIpc) is 3.27. The van der Waals surface area contributed by atoms with Gasteiger partial charge in [0.25, 0.3) is 0 Å². The lowest BCUT2D eigenvalue weighted by molar-refractivity contribution is -0.147. The zero-order valence-electron chi connectivity index (χ0n) is 16.7. The monoisotopic (exact) mass is 402 g/mol. The van der Waals surface area contributed by atoms with Gasteiger partial charge in [-0.15, -0.1) is 0 Å². The highest BCUT2D eigenvalue weighted by molar-refractivity contribution is 5.87. The lowest BCUT2D eigenvalue weighted by atomic mass is 10.0. The Hall–Kier alpha value is -2.64. The molecule has 0 saturated carbocycles. The summed E-state index contributed by atoms with van der Waals surface area (Å²) >= 11 is 0. The number of benzene rings is 1. The minimum Gasteiger partial charge on any atom is -0.490 e. The molecule has 0 amide bonds. The van der Waals surface area contributed by atoms with Crippen LogP contribution in [0, 0.1) is 5.92 Å². The van der Waals surface area contributed by atoms with E-state index < -0.39 is 11.9 Å². The molecule has 29 heavy (non-hydrogen) atoms. The summed E-state index contributed by atoms with van der Waals surface area (Å²) in [7, 11) is 0. The highest BCUT2D eigenvalue weighted by atomic mass is 16.6. The summed E-state index contributed by atoms with van der Waals surface area (Å²) in [6, 6.07) is 7.18. The maximum Gasteiger partial charge on any atom is 0.333 e. The second-order valence-corrected chi connectivity index (χ2v) is 7.22. The number of carbonyl (C=O) groups is 2. The summed E-state index contributed by atoms with van der Waals surface area (Å²) in [6.45, 7) is 8.55. The first-order valence-corrected chi connectivity index (χ1v) is 9.61. The molecule has 7 nitrogen and oxygen atoms in total. The number of hydrogen-bond acceptors (Lipinski definition) is 7. The molecule has 0 spiro atoms. The first-order chi connectivity index (χ1) is 13.9. The van der Waals surface area contributed by atoms with Gasteiger partial charge in [0.1, 0.15) is 25.1 Å². The second-order valence-electron chi connectivity index (χ2n) is 7.22. The molecule has 1 aromatic rings. The molecular formula is C22H26O7. The highest BCUT2D eigenvalue weighted by Crippen LogP contribution is 2.32. The number of rotatable bonds is 8. The number of hydrogen-bond donors (Lipinski definition) is 0. The standard InChI is InChI=1S/C22H26O7/c1-14(2)22(24)26-11-10-25-17-7-4-16(5-8-17)6-9-19(23)29-18-13-28-20-15(3)12-27-21(18)20/h4-9,15,18,20-21H,1,10-13H2,2-3H3/b9-6+/t15-,18+,20+,21+/m0/s1. The van der Waals surface area contributed by atoms with Crippen molar-refractivity contribution in [2.45, 2.75) is 32.2 Å². The van der Waals surface area contributed by atoms with Crippen molar-refractivity contribution in [3.8, 4) is 5.75 Å². The third-order valence-corrected chi connectivity index (χ3v) is 4.75. The number of fused-ring (bicyclic) bond motifs is 1. The van der Waals surface area contributed by atoms with E-state index >= 15 is 0 Å². The second kappa shape index (κ2) is 9.71. The Morgan fingerprint density at radius 3 is 2.59 bits per heavy atom. The van der Waals surface area contributed by atoms with Gasteiger partial charge in [-0.25, -0.2) is 9.59 Å². The van der Waals surface area contributed by atoms with E-state index in [0.717, 1.165) is 5.56 Å². The Bertz CT molecular complexity index is 768. The van der Waals surface area contributed by atoms with E-state index in [0.29, 0.717) is 30.5 Å². The van der Waals surface area contributed by atoms with Crippen molar-refractivity contribution in [3.63, 3.8) is 0 Å². The smallest absolute Gasteiger partial charge is 0.333 e. The van der Waals surface area contributed by atoms with Crippen LogP contribution in [-0.4, -0.2) is 56.7 Å². The van der Waals surface area contributed by atoms with Gasteiger partial charge in [0.15, 0.2) is 6.10 Å². The Kier molecular flexibility index (Phi) is 7.06. The van der Waals surface area contributed by atoms with Gasteiger partial charge in [0, 0.05) is 17.6 Å². The van der Waals surface area contributed by atoms with E-state index in [1.54, 1.807) is 25.1 Å². The lowest BCUT2D eigenvalue weighted by Crippen LogP contribution is -2.32. The minimum absolute atomic E-state index is 0.00800. The van der Waals surface area contributed by atoms with Gasteiger partial charge in [0.05, 0.1) is 19.3 Å². The van der Waals surface area contributed by atoms with Crippen LogP contribution in [0.4, 0.5) is 0 Å². The maximum absolute atomic E-state index is 12.1. The number of ether oxygens (including phenoxy) is 5. The van der Waals surface area contributed by atoms with E-state index in [-0.39, 0.29) is 31.5 Å². The molecule has 2 saturated heterocycles. The van der Waals surface area contributed by atoms with Crippen molar-refractivity contribution in [1.82, 2.24) is 0 Å². The van der Waals surface area contributed by atoms with Gasteiger partial charge in [0.2, 0.25) is 0 Å². The molecule has 1 aromatic carbocycles. The van der Waals surface area contributed by atoms with Crippen LogP contribution in [0.3, 0.4) is 0 Å². The predicted molar refractivity (Wildman–Crippen MR) is 105 cm³/mol. The van der Waals surface area contributed by atoms with Crippen molar-refractivity contribution >= 4 is 18.0 Å². The average molecular weight is 402 g/mol. The molecule has 2 aliphatic rings. The Labute approximate surface area is 170 Å². The molecule has 0 bridgehead atoms. The van der Waals surface area contributed by atoms with Crippen LogP contribution >= 0.6 is 0 Å². The normalized spacial score (nSPS) is 25.6. The van der Waals surface area contributed by atoms with Crippen LogP contribution in [0.2, 0.25) is 0 Å². The SMILES string of the molecule is C=C(C)C(=O)OCCOc1ccc(/C=C/C(=O)O[C@@H]2CO[C@H]3[C@@H]2OC[C@@H]3C)cc1. The van der Waals surface area contributed by atoms with Gasteiger partial charge in [-0.1, -0.05) is 25.6 Å². The molecule has 2 aliphatic heterocycles. The molecule has 0 aromatic heterocycles. The maximum atomic E-state index is 12.1. The van der Waals surface area contributed by atoms with Crippen molar-refractivity contribution in [2.24, 2.45) is 5.92 Å². The van der Waals surface area contributed by atoms with E-state index in [2.05, 4.69) is 13.5 Å². The van der Waals surface area contributed by atoms with Gasteiger partial charge >= 0.3 is 11.9 Å². The molecule has 156 valence electrons. The molecular weight excluding hydrogens is 376 g/mol. The third-order valence-electron chi connectivity index (χ3n) is 4.75. The van der Waals surface area contributed by atoms with Gasteiger partial charge in [-0.3, -0.25) is 0 Å². The van der Waals surface area contributed by atoms with Gasteiger partial charge in [-0.05, 0) is 30.7 Å². The summed E-state index contributed by atoms with van der Waals surface area (Å²) in [5, 5.41) is 0. The summed E-state index contributed by atoms with van der Waals surface area (Å²) in [5.74, 6) is 0.0904. The molecule has 0 unspecified atom stereocenters. The predicted octanol–water partition coefficient (Wildman–Crippen LogP) is 2.54. The Morgan fingerprint density at radius 2 is 1.86 bits per heavy atom. The Morgan fingerprint density at radius 1 is 1.14 bits per heavy atom. The van der Waals surface area contributed by atoms with Gasteiger partial charge in [-0.2, -0.15) is 0 Å². The van der Waals surface area contributed by atoms with E-state index in [4.69, 9.17) is 23.7 Å². The lowest BCUT2D eigenvalue weighted by Gasteiger charge is -2.15. The van der Waals surface area contributed by atoms with Crippen LogP contribution in [0.15, 0.2) is 42.5 Å². The topological polar surface area (TPSA) is 80.3 Å². The molecule has 2 fully saturated rings. The zero-order valence-corrected chi connectivity index (χ0v) is 16.7. The molecule has 0 aliphatic carbocycles. The first kappa shape index (κ1) is 21.1. The number of esters is 2. The fourth-order valence-corrected chi connectivity index (χ4v) is 3.20. The van der Waals surface area contributed by atoms with E-state index in [1.807, 2.05) is 12.1 Å². The zero-order chi connectivity index (χ0) is 20.8. The van der Waals surface area contributed by atoms with Crippen LogP contribution in [0.5, 0.6) is 5.75 Å². The van der Waals surface area contributed by atoms with E-state index in [9.17, 15) is 9.59 Å². The summed E-state index contributed by atoms with van der Waals surface area (Å²) < 4.78 is 27.3. The van der Waals surface area contributed by atoms with Crippen molar-refractivity contribution in [3.05, 3.63) is 48.1 Å². The van der Waals surface area contributed by atoms with Gasteiger partial charge < -0.3 is 23.7 Å². The minimum atomic E-state index is -0.435. The highest BCUT2D eigenvalue weighted by Gasteiger charge is 2.47.